The highest BCUT2D eigenvalue weighted by atomic mass is 35.5. The van der Waals surface area contributed by atoms with Crippen molar-refractivity contribution < 1.29 is 9.90 Å². The second-order valence-electron chi connectivity index (χ2n) is 10.5. The molecule has 4 nitrogen and oxygen atoms in total. The topological polar surface area (TPSA) is 61.4 Å². The highest BCUT2D eigenvalue weighted by Gasteiger charge is 2.28. The van der Waals surface area contributed by atoms with Gasteiger partial charge in [0.05, 0.1) is 11.6 Å². The molecule has 1 aliphatic carbocycles. The summed E-state index contributed by atoms with van der Waals surface area (Å²) in [6.45, 7) is 9.57. The summed E-state index contributed by atoms with van der Waals surface area (Å²) in [6.07, 6.45) is 3.98. The first-order valence-corrected chi connectivity index (χ1v) is 12.7. The lowest BCUT2D eigenvalue weighted by Gasteiger charge is -2.28. The number of para-hydroxylation sites is 1. The molecule has 5 heteroatoms. The summed E-state index contributed by atoms with van der Waals surface area (Å²) in [5, 5.41) is 17.3. The molecule has 1 atom stereocenters. The van der Waals surface area contributed by atoms with Crippen LogP contribution in [-0.4, -0.2) is 17.6 Å². The second-order valence-corrected chi connectivity index (χ2v) is 10.9. The fourth-order valence-corrected chi connectivity index (χ4v) is 5.33. The smallest absolute Gasteiger partial charge is 0.255 e. The molecule has 4 rings (SSSR count). The molecule has 0 fully saturated rings. The van der Waals surface area contributed by atoms with E-state index in [-0.39, 0.29) is 17.1 Å². The molecule has 0 aromatic heterocycles. The van der Waals surface area contributed by atoms with E-state index in [2.05, 4.69) is 44.4 Å². The summed E-state index contributed by atoms with van der Waals surface area (Å²) in [5.74, 6) is -0.222. The highest BCUT2D eigenvalue weighted by molar-refractivity contribution is 6.30. The Bertz CT molecular complexity index is 1220. The number of aryl methyl sites for hydroxylation is 1. The minimum Gasteiger partial charge on any atom is -0.507 e. The van der Waals surface area contributed by atoms with Crippen molar-refractivity contribution in [2.75, 3.05) is 11.9 Å². The highest BCUT2D eigenvalue weighted by Crippen LogP contribution is 2.40. The number of carbonyl (C=O) groups is 1. The van der Waals surface area contributed by atoms with Gasteiger partial charge in [0.15, 0.2) is 0 Å². The zero-order chi connectivity index (χ0) is 25.2. The number of carbonyl (C=O) groups excluding carboxylic acids is 1. The van der Waals surface area contributed by atoms with Crippen LogP contribution < -0.4 is 10.6 Å². The summed E-state index contributed by atoms with van der Waals surface area (Å²) in [7, 11) is 0. The number of amides is 1. The Kier molecular flexibility index (Phi) is 7.42. The van der Waals surface area contributed by atoms with Gasteiger partial charge in [-0.25, -0.2) is 0 Å². The number of nitrogens with one attached hydrogen (secondary N) is 2. The third-order valence-electron chi connectivity index (χ3n) is 7.24. The fraction of sp³-hybridized carbons (Fsp3) is 0.367. The molecule has 0 bridgehead atoms. The van der Waals surface area contributed by atoms with Gasteiger partial charge in [0, 0.05) is 17.3 Å². The van der Waals surface area contributed by atoms with Crippen LogP contribution in [0.4, 0.5) is 5.69 Å². The summed E-state index contributed by atoms with van der Waals surface area (Å²) in [6, 6.07) is 17.3. The number of phenols is 1. The van der Waals surface area contributed by atoms with Gasteiger partial charge in [0.1, 0.15) is 5.75 Å². The fourth-order valence-electron chi connectivity index (χ4n) is 5.20. The molecular weight excluding hydrogens is 456 g/mol. The Morgan fingerprint density at radius 2 is 1.83 bits per heavy atom. The van der Waals surface area contributed by atoms with E-state index in [0.717, 1.165) is 36.4 Å². The van der Waals surface area contributed by atoms with Crippen molar-refractivity contribution >= 4 is 23.2 Å². The molecule has 0 aliphatic heterocycles. The summed E-state index contributed by atoms with van der Waals surface area (Å²) in [4.78, 5) is 12.4. The molecule has 0 spiro atoms. The first kappa shape index (κ1) is 25.1. The van der Waals surface area contributed by atoms with Gasteiger partial charge in [0.25, 0.3) is 5.91 Å². The van der Waals surface area contributed by atoms with E-state index in [1.807, 2.05) is 24.3 Å². The van der Waals surface area contributed by atoms with Gasteiger partial charge in [-0.05, 0) is 109 Å². The van der Waals surface area contributed by atoms with E-state index in [9.17, 15) is 9.90 Å². The standard InChI is InChI=1S/C30H35ClN2O2/c1-19-17-25-23(13-14-27(25)33-22-11-9-21(31)10-12-22)20(2)26(19)18-30(3,4)15-16-32-29(35)24-7-5-6-8-28(24)34/h5-12,17,27,33-34H,13-16,18H2,1-4H3,(H,32,35). The first-order chi connectivity index (χ1) is 16.6. The summed E-state index contributed by atoms with van der Waals surface area (Å²) in [5.41, 5.74) is 8.48. The largest absolute Gasteiger partial charge is 0.507 e. The molecule has 0 heterocycles. The van der Waals surface area contributed by atoms with Crippen LogP contribution in [0.25, 0.3) is 0 Å². The molecule has 1 unspecified atom stereocenters. The van der Waals surface area contributed by atoms with Crippen LogP contribution in [0.2, 0.25) is 5.02 Å². The zero-order valence-corrected chi connectivity index (χ0v) is 21.8. The maximum Gasteiger partial charge on any atom is 0.255 e. The van der Waals surface area contributed by atoms with E-state index in [1.165, 1.54) is 33.9 Å². The van der Waals surface area contributed by atoms with Gasteiger partial charge in [-0.3, -0.25) is 4.79 Å². The molecule has 184 valence electrons. The third kappa shape index (κ3) is 5.82. The SMILES string of the molecule is Cc1cc2c(c(C)c1CC(C)(C)CCNC(=O)c1ccccc1O)CCC2Nc1ccc(Cl)cc1. The van der Waals surface area contributed by atoms with Crippen LogP contribution in [0, 0.1) is 19.3 Å². The van der Waals surface area contributed by atoms with Crippen molar-refractivity contribution in [3.63, 3.8) is 0 Å². The Balaban J connectivity index is 1.42. The monoisotopic (exact) mass is 490 g/mol. The number of aromatic hydroxyl groups is 1. The van der Waals surface area contributed by atoms with Crippen LogP contribution in [0.3, 0.4) is 0 Å². The van der Waals surface area contributed by atoms with Crippen molar-refractivity contribution in [3.8, 4) is 5.75 Å². The normalized spacial score (nSPS) is 15.1. The van der Waals surface area contributed by atoms with Crippen molar-refractivity contribution in [2.45, 2.75) is 59.4 Å². The lowest BCUT2D eigenvalue weighted by molar-refractivity contribution is 0.0946. The number of anilines is 1. The van der Waals surface area contributed by atoms with E-state index in [0.29, 0.717) is 18.2 Å². The van der Waals surface area contributed by atoms with E-state index in [1.54, 1.807) is 18.2 Å². The Morgan fingerprint density at radius 1 is 1.11 bits per heavy atom. The Hall–Kier alpha value is -2.98. The number of fused-ring (bicyclic) bond motifs is 1. The predicted molar refractivity (Wildman–Crippen MR) is 145 cm³/mol. The average molecular weight is 491 g/mol. The van der Waals surface area contributed by atoms with Gasteiger partial charge >= 0.3 is 0 Å². The lowest BCUT2D eigenvalue weighted by Crippen LogP contribution is -2.29. The van der Waals surface area contributed by atoms with Crippen molar-refractivity contribution in [3.05, 3.63) is 93.0 Å². The number of benzene rings is 3. The molecule has 3 N–H and O–H groups in total. The van der Waals surface area contributed by atoms with Gasteiger partial charge in [0.2, 0.25) is 0 Å². The van der Waals surface area contributed by atoms with Crippen LogP contribution in [0.5, 0.6) is 5.75 Å². The van der Waals surface area contributed by atoms with Crippen LogP contribution in [0.15, 0.2) is 54.6 Å². The number of hydrogen-bond donors (Lipinski definition) is 3. The maximum absolute atomic E-state index is 12.4. The quantitative estimate of drug-likeness (QED) is 0.314. The Labute approximate surface area is 213 Å². The predicted octanol–water partition coefficient (Wildman–Crippen LogP) is 7.15. The van der Waals surface area contributed by atoms with Crippen LogP contribution in [-0.2, 0) is 12.8 Å². The molecule has 1 amide bonds. The molecule has 3 aromatic carbocycles. The first-order valence-electron chi connectivity index (χ1n) is 12.3. The minimum absolute atomic E-state index is 0.0116. The molecular formula is C30H35ClN2O2. The Morgan fingerprint density at radius 3 is 2.54 bits per heavy atom. The minimum atomic E-state index is -0.233. The van der Waals surface area contributed by atoms with Crippen LogP contribution >= 0.6 is 11.6 Å². The molecule has 1 aliphatic rings. The van der Waals surface area contributed by atoms with Gasteiger partial charge in [-0.2, -0.15) is 0 Å². The lowest BCUT2D eigenvalue weighted by atomic mass is 9.79. The molecule has 0 saturated heterocycles. The third-order valence-corrected chi connectivity index (χ3v) is 7.49. The average Bonchev–Trinajstić information content (AvgIpc) is 3.20. The number of hydrogen-bond acceptors (Lipinski definition) is 3. The number of halogens is 1. The van der Waals surface area contributed by atoms with Gasteiger partial charge < -0.3 is 15.7 Å². The number of phenolic OH excluding ortho intramolecular Hbond substituents is 1. The van der Waals surface area contributed by atoms with E-state index in [4.69, 9.17) is 11.6 Å². The molecule has 0 radical (unpaired) electrons. The maximum atomic E-state index is 12.4. The summed E-state index contributed by atoms with van der Waals surface area (Å²) >= 11 is 6.04. The van der Waals surface area contributed by atoms with Crippen molar-refractivity contribution in [2.24, 2.45) is 5.41 Å². The molecule has 0 saturated carbocycles. The van der Waals surface area contributed by atoms with E-state index < -0.39 is 0 Å². The second kappa shape index (κ2) is 10.3. The van der Waals surface area contributed by atoms with Crippen molar-refractivity contribution in [1.82, 2.24) is 5.32 Å². The summed E-state index contributed by atoms with van der Waals surface area (Å²) < 4.78 is 0. The zero-order valence-electron chi connectivity index (χ0n) is 21.0. The number of rotatable bonds is 8. The van der Waals surface area contributed by atoms with Gasteiger partial charge in [-0.15, -0.1) is 0 Å². The molecule has 3 aromatic rings. The van der Waals surface area contributed by atoms with Crippen LogP contribution in [0.1, 0.15) is 70.9 Å². The van der Waals surface area contributed by atoms with Crippen molar-refractivity contribution in [1.29, 1.82) is 0 Å². The van der Waals surface area contributed by atoms with Gasteiger partial charge in [-0.1, -0.05) is 43.6 Å². The van der Waals surface area contributed by atoms with E-state index >= 15 is 0 Å². The molecule has 35 heavy (non-hydrogen) atoms.